The topological polar surface area (TPSA) is 207 Å². The standard InChI is InChI=1S/C55H62FN9O9/c1-29(2)47(61-54(68)70-4)51(66)63-17-6-10-41(63)50-58-28-39(60-50)35-23-37(56)46-43-24-36-22-32(14-15-40(36)65(43)53(74-45(46)26-35)34-13-12-31-9-8-19-73-44(31)25-34)38-27-57-49(59-38)42-11-7-18-64(42)52(67)48(62-55(69)71-5)33-16-20-72-30(3)21-33/h12-15,22-30,33,41-42,47-48,53H,6-11,16-21H2,1-5H3,(H,57,59)(H,58,60)(H,61,68)(H,62,69)/t30-,33?,41+,42+,47+,48?,53?/m1/s1. The van der Waals surface area contributed by atoms with Crippen LogP contribution in [0, 0.1) is 17.7 Å². The van der Waals surface area contributed by atoms with Crippen molar-refractivity contribution in [3.05, 3.63) is 95.6 Å². The minimum Gasteiger partial charge on any atom is -0.493 e. The summed E-state index contributed by atoms with van der Waals surface area (Å²) in [5.74, 6) is 1.21. The zero-order chi connectivity index (χ0) is 51.4. The number of carbonyl (C=O) groups is 4. The fourth-order valence-electron chi connectivity index (χ4n) is 11.7. The molecule has 0 radical (unpaired) electrons. The van der Waals surface area contributed by atoms with E-state index in [-0.39, 0.29) is 41.8 Å². The van der Waals surface area contributed by atoms with E-state index in [1.165, 1.54) is 20.3 Å². The Labute approximate surface area is 427 Å². The zero-order valence-corrected chi connectivity index (χ0v) is 42.2. The van der Waals surface area contributed by atoms with Crippen LogP contribution in [0.3, 0.4) is 0 Å². The smallest absolute Gasteiger partial charge is 0.407 e. The third-order valence-electron chi connectivity index (χ3n) is 15.5. The van der Waals surface area contributed by atoms with Gasteiger partial charge in [-0.25, -0.2) is 23.9 Å². The second-order valence-electron chi connectivity index (χ2n) is 20.5. The molecule has 3 unspecified atom stereocenters. The van der Waals surface area contributed by atoms with Gasteiger partial charge in [0.05, 0.1) is 79.6 Å². The number of aromatic amines is 2. The summed E-state index contributed by atoms with van der Waals surface area (Å²) in [6.07, 6.45) is 7.42. The molecule has 11 rings (SSSR count). The fraction of sp³-hybridized carbons (Fsp3) is 0.455. The monoisotopic (exact) mass is 1010 g/mol. The van der Waals surface area contributed by atoms with E-state index in [1.54, 1.807) is 17.3 Å². The van der Waals surface area contributed by atoms with Crippen LogP contribution in [0.5, 0.6) is 11.5 Å². The van der Waals surface area contributed by atoms with Gasteiger partial charge < -0.3 is 58.7 Å². The van der Waals surface area contributed by atoms with Gasteiger partial charge in [-0.3, -0.25) is 9.59 Å². The van der Waals surface area contributed by atoms with E-state index < -0.39 is 36.3 Å². The third-order valence-corrected chi connectivity index (χ3v) is 15.5. The lowest BCUT2D eigenvalue weighted by molar-refractivity contribution is -0.137. The van der Waals surface area contributed by atoms with Gasteiger partial charge in [0, 0.05) is 41.8 Å². The molecular formula is C55H62FN9O9. The molecule has 4 amide bonds. The van der Waals surface area contributed by atoms with Crippen molar-refractivity contribution in [2.24, 2.45) is 11.8 Å². The predicted octanol–water partition coefficient (Wildman–Crippen LogP) is 8.74. The molecule has 0 bridgehead atoms. The Hall–Kier alpha value is -7.41. The highest BCUT2D eigenvalue weighted by Crippen LogP contribution is 2.48. The number of nitrogens with zero attached hydrogens (tertiary/aromatic N) is 5. The van der Waals surface area contributed by atoms with E-state index in [0.29, 0.717) is 91.9 Å². The molecule has 0 aliphatic carbocycles. The number of carbonyl (C=O) groups excluding carboxylic acids is 4. The summed E-state index contributed by atoms with van der Waals surface area (Å²) >= 11 is 0. The molecule has 8 heterocycles. The summed E-state index contributed by atoms with van der Waals surface area (Å²) in [5, 5.41) is 6.38. The van der Waals surface area contributed by atoms with Gasteiger partial charge in [-0.15, -0.1) is 0 Å². The number of alkyl carbamates (subject to hydrolysis) is 2. The number of H-pyrrole nitrogens is 2. The van der Waals surface area contributed by atoms with E-state index in [0.717, 1.165) is 64.7 Å². The molecule has 5 aliphatic rings. The number of benzene rings is 3. The lowest BCUT2D eigenvalue weighted by atomic mass is 9.88. The molecule has 4 N–H and O–H groups in total. The first kappa shape index (κ1) is 48.8. The average molecular weight is 1010 g/mol. The van der Waals surface area contributed by atoms with Crippen molar-refractivity contribution < 1.29 is 47.3 Å². The summed E-state index contributed by atoms with van der Waals surface area (Å²) in [7, 11) is 2.56. The molecule has 19 heteroatoms. The highest BCUT2D eigenvalue weighted by Gasteiger charge is 2.42. The van der Waals surface area contributed by atoms with Gasteiger partial charge in [0.15, 0.2) is 0 Å². The number of methoxy groups -OCH3 is 2. The van der Waals surface area contributed by atoms with Crippen LogP contribution in [0.2, 0.25) is 0 Å². The molecule has 3 fully saturated rings. The molecular weight excluding hydrogens is 950 g/mol. The Balaban J connectivity index is 0.910. The molecule has 0 saturated carbocycles. The van der Waals surface area contributed by atoms with Gasteiger partial charge in [-0.05, 0) is 112 Å². The molecule has 3 aromatic carbocycles. The van der Waals surface area contributed by atoms with Gasteiger partial charge in [-0.1, -0.05) is 32.0 Å². The number of likely N-dealkylation sites (tertiary alicyclic amines) is 2. The highest BCUT2D eigenvalue weighted by atomic mass is 19.1. The number of amides is 4. The summed E-state index contributed by atoms with van der Waals surface area (Å²) in [6, 6.07) is 15.3. The van der Waals surface area contributed by atoms with E-state index >= 15 is 4.39 Å². The number of fused-ring (bicyclic) bond motifs is 6. The summed E-state index contributed by atoms with van der Waals surface area (Å²) in [4.78, 5) is 73.0. The normalized spacial score (nSPS) is 22.0. The number of ether oxygens (including phenoxy) is 5. The van der Waals surface area contributed by atoms with E-state index in [1.807, 2.05) is 60.6 Å². The largest absolute Gasteiger partial charge is 0.493 e. The average Bonchev–Trinajstić information content (AvgIpc) is 4.28. The number of hydrogen-bond donors (Lipinski definition) is 4. The SMILES string of the molecule is COC(=O)NC(C(=O)N1CCC[C@H]1c1ncc(-c2ccc3c(c2)cc2n3C(c3ccc4c(c3)OCCC4)Oc3cc(-c4cnc([C@@H]5CCCN5C(=O)[C@@H](NC(=O)OC)C(C)C)[nH]4)cc(F)c3-2)[nH]1)C1CCO[C@H](C)C1. The lowest BCUT2D eigenvalue weighted by Crippen LogP contribution is -2.53. The lowest BCUT2D eigenvalue weighted by Gasteiger charge is -2.36. The van der Waals surface area contributed by atoms with Crippen molar-refractivity contribution in [1.82, 2.24) is 44.9 Å². The number of rotatable bonds is 11. The first-order chi connectivity index (χ1) is 35.9. The maximum absolute atomic E-state index is 17.1. The van der Waals surface area contributed by atoms with Crippen molar-refractivity contribution in [2.75, 3.05) is 40.5 Å². The summed E-state index contributed by atoms with van der Waals surface area (Å²) in [6.45, 7) is 7.88. The second-order valence-corrected chi connectivity index (χ2v) is 20.5. The van der Waals surface area contributed by atoms with Gasteiger partial charge in [0.1, 0.15) is 41.0 Å². The molecule has 18 nitrogen and oxygen atoms in total. The molecule has 5 aliphatic heterocycles. The van der Waals surface area contributed by atoms with Crippen LogP contribution in [0.4, 0.5) is 14.0 Å². The quantitative estimate of drug-likeness (QED) is 0.0965. The van der Waals surface area contributed by atoms with E-state index in [2.05, 4.69) is 38.8 Å². The minimum absolute atomic E-state index is 0.0333. The molecule has 3 aromatic heterocycles. The van der Waals surface area contributed by atoms with Gasteiger partial charge in [-0.2, -0.15) is 0 Å². The third kappa shape index (κ3) is 9.08. The van der Waals surface area contributed by atoms with Gasteiger partial charge in [0.2, 0.25) is 18.0 Å². The van der Waals surface area contributed by atoms with Crippen LogP contribution in [0.15, 0.2) is 67.0 Å². The Bertz CT molecular complexity index is 3130. The highest BCUT2D eigenvalue weighted by molar-refractivity contribution is 5.93. The Morgan fingerprint density at radius 2 is 1.49 bits per heavy atom. The van der Waals surface area contributed by atoms with Gasteiger partial charge in [0.25, 0.3) is 0 Å². The maximum atomic E-state index is 17.1. The Kier molecular flexibility index (Phi) is 13.3. The van der Waals surface area contributed by atoms with Crippen molar-refractivity contribution in [3.63, 3.8) is 0 Å². The van der Waals surface area contributed by atoms with Crippen LogP contribution in [-0.2, 0) is 30.2 Å². The number of nitrogens with one attached hydrogen (secondary N) is 4. The summed E-state index contributed by atoms with van der Waals surface area (Å²) in [5.41, 5.74) is 6.43. The van der Waals surface area contributed by atoms with E-state index in [9.17, 15) is 19.2 Å². The molecule has 388 valence electrons. The minimum atomic E-state index is -0.781. The van der Waals surface area contributed by atoms with E-state index in [4.69, 9.17) is 33.7 Å². The molecule has 6 aromatic rings. The first-order valence-electron chi connectivity index (χ1n) is 25.8. The first-order valence-corrected chi connectivity index (χ1v) is 25.8. The molecule has 74 heavy (non-hydrogen) atoms. The number of halogens is 1. The zero-order valence-electron chi connectivity index (χ0n) is 42.2. The van der Waals surface area contributed by atoms with Crippen molar-refractivity contribution in [2.45, 2.75) is 109 Å². The predicted molar refractivity (Wildman–Crippen MR) is 271 cm³/mol. The second kappa shape index (κ2) is 20.1. The maximum Gasteiger partial charge on any atom is 0.407 e. The van der Waals surface area contributed by atoms with Crippen LogP contribution in [-0.4, -0.2) is 117 Å². The molecule has 0 spiro atoms. The van der Waals surface area contributed by atoms with Crippen molar-refractivity contribution in [1.29, 1.82) is 0 Å². The molecule has 3 saturated heterocycles. The number of hydrogen-bond acceptors (Lipinski definition) is 11. The van der Waals surface area contributed by atoms with Crippen molar-refractivity contribution in [3.8, 4) is 45.3 Å². The number of imidazole rings is 2. The number of aromatic nitrogens is 5. The fourth-order valence-corrected chi connectivity index (χ4v) is 11.7. The Morgan fingerprint density at radius 3 is 2.19 bits per heavy atom. The number of aryl methyl sites for hydroxylation is 1. The van der Waals surface area contributed by atoms with Crippen LogP contribution >= 0.6 is 0 Å². The van der Waals surface area contributed by atoms with Gasteiger partial charge >= 0.3 is 12.2 Å². The Morgan fingerprint density at radius 1 is 0.784 bits per heavy atom. The van der Waals surface area contributed by atoms with Crippen molar-refractivity contribution >= 4 is 34.9 Å². The van der Waals surface area contributed by atoms with Crippen LogP contribution < -0.4 is 20.1 Å². The van der Waals surface area contributed by atoms with Crippen LogP contribution in [0.25, 0.3) is 44.7 Å². The molecule has 7 atom stereocenters. The van der Waals surface area contributed by atoms with Crippen LogP contribution in [0.1, 0.15) is 107 Å². The summed E-state index contributed by atoms with van der Waals surface area (Å²) < 4.78 is 47.7.